The van der Waals surface area contributed by atoms with Crippen molar-refractivity contribution in [2.24, 2.45) is 11.7 Å². The lowest BCUT2D eigenvalue weighted by Crippen LogP contribution is -2.32. The van der Waals surface area contributed by atoms with E-state index >= 15 is 0 Å². The van der Waals surface area contributed by atoms with Gasteiger partial charge in [0.2, 0.25) is 0 Å². The Labute approximate surface area is 123 Å². The monoisotopic (exact) mass is 324 g/mol. The Morgan fingerprint density at radius 1 is 1.29 bits per heavy atom. The molecular weight excluding hydrogens is 312 g/mol. The molecule has 4 nitrogen and oxygen atoms in total. The highest BCUT2D eigenvalue weighted by Crippen LogP contribution is 2.48. The zero-order chi connectivity index (χ0) is 12.9. The largest absolute Gasteiger partial charge is 0.309 e. The van der Waals surface area contributed by atoms with Gasteiger partial charge in [-0.2, -0.15) is 0 Å². The number of thioether (sulfide) groups is 2. The average molecular weight is 325 g/mol. The van der Waals surface area contributed by atoms with Gasteiger partial charge >= 0.3 is 0 Å². The average Bonchev–Trinajstić information content (AvgIpc) is 2.82. The Balaban J connectivity index is 2.92. The third kappa shape index (κ3) is 4.36. The molecule has 0 aliphatic carbocycles. The number of hydrogen-bond acceptors (Lipinski definition) is 7. The first-order valence-electron chi connectivity index (χ1n) is 4.45. The van der Waals surface area contributed by atoms with E-state index in [-0.39, 0.29) is 4.08 Å². The van der Waals surface area contributed by atoms with Gasteiger partial charge in [0.05, 0.1) is 0 Å². The molecule has 17 heavy (non-hydrogen) atoms. The summed E-state index contributed by atoms with van der Waals surface area (Å²) in [6.07, 6.45) is 0. The van der Waals surface area contributed by atoms with E-state index in [2.05, 4.69) is 10.9 Å². The van der Waals surface area contributed by atoms with Crippen LogP contribution in [0.1, 0.15) is 11.8 Å². The van der Waals surface area contributed by atoms with E-state index in [9.17, 15) is 0 Å². The molecule has 0 unspecified atom stereocenters. The van der Waals surface area contributed by atoms with E-state index in [0.29, 0.717) is 8.64 Å². The molecule has 0 radical (unpaired) electrons. The minimum atomic E-state index is -0.346. The summed E-state index contributed by atoms with van der Waals surface area (Å²) < 4.78 is 0.669. The van der Waals surface area contributed by atoms with Crippen molar-refractivity contribution in [2.45, 2.75) is 11.0 Å². The number of nitrogens with two attached hydrogens (primary N) is 2. The molecule has 0 bridgehead atoms. The van der Waals surface area contributed by atoms with Gasteiger partial charge < -0.3 is 10.9 Å². The SMILES string of the molecule is CC(SC(=S)NN)(SC(=S)NN)c1cccs1. The van der Waals surface area contributed by atoms with Crippen molar-refractivity contribution in [3.63, 3.8) is 0 Å². The molecule has 1 aromatic heterocycles. The summed E-state index contributed by atoms with van der Waals surface area (Å²) >= 11 is 14.7. The predicted octanol–water partition coefficient (Wildman–Crippen LogP) is 1.88. The Morgan fingerprint density at radius 3 is 2.18 bits per heavy atom. The zero-order valence-corrected chi connectivity index (χ0v) is 13.0. The lowest BCUT2D eigenvalue weighted by molar-refractivity contribution is 1.03. The van der Waals surface area contributed by atoms with Crippen LogP contribution in [0.25, 0.3) is 0 Å². The molecule has 1 rings (SSSR count). The summed E-state index contributed by atoms with van der Waals surface area (Å²) in [5.74, 6) is 10.6. The van der Waals surface area contributed by atoms with Gasteiger partial charge in [0.15, 0.2) is 0 Å². The van der Waals surface area contributed by atoms with E-state index in [0.717, 1.165) is 4.88 Å². The second-order valence-corrected chi connectivity index (χ2v) is 8.39. The first kappa shape index (κ1) is 15.2. The minimum absolute atomic E-state index is 0.346. The van der Waals surface area contributed by atoms with Gasteiger partial charge in [0.1, 0.15) is 12.7 Å². The molecule has 94 valence electrons. The van der Waals surface area contributed by atoms with Crippen LogP contribution in [0.15, 0.2) is 17.5 Å². The van der Waals surface area contributed by atoms with Gasteiger partial charge in [-0.1, -0.05) is 54.0 Å². The molecule has 1 heterocycles. The van der Waals surface area contributed by atoms with Gasteiger partial charge in [-0.15, -0.1) is 11.3 Å². The Kier molecular flexibility index (Phi) is 6.13. The third-order valence-corrected chi connectivity index (χ3v) is 6.19. The standard InChI is InChI=1S/C8H12N4S5/c1-8(16-6(13)11-9,17-7(14)12-10)5-3-2-4-15-5/h2-4H,9-10H2,1H3,(H,11,13)(H,12,14). The molecule has 0 atom stereocenters. The zero-order valence-electron chi connectivity index (χ0n) is 8.93. The van der Waals surface area contributed by atoms with Crippen LogP contribution in [-0.2, 0) is 4.08 Å². The van der Waals surface area contributed by atoms with Crippen LogP contribution in [0, 0.1) is 0 Å². The van der Waals surface area contributed by atoms with Crippen LogP contribution >= 0.6 is 59.3 Å². The second-order valence-electron chi connectivity index (χ2n) is 2.99. The fraction of sp³-hybridized carbons (Fsp3) is 0.250. The van der Waals surface area contributed by atoms with Crippen LogP contribution in [0.4, 0.5) is 0 Å². The Hall–Kier alpha value is 0.1000. The molecule has 9 heteroatoms. The quantitative estimate of drug-likeness (QED) is 0.291. The molecule has 6 N–H and O–H groups in total. The summed E-state index contributed by atoms with van der Waals surface area (Å²) in [4.78, 5) is 1.14. The Morgan fingerprint density at radius 2 is 1.82 bits per heavy atom. The normalized spacial score (nSPS) is 11.0. The van der Waals surface area contributed by atoms with Gasteiger partial charge in [0, 0.05) is 4.88 Å². The number of nitrogens with one attached hydrogen (secondary N) is 2. The summed E-state index contributed by atoms with van der Waals surface area (Å²) in [6.45, 7) is 2.03. The molecule has 0 saturated carbocycles. The fourth-order valence-electron chi connectivity index (χ4n) is 1.07. The van der Waals surface area contributed by atoms with Crippen LogP contribution in [0.2, 0.25) is 0 Å². The summed E-state index contributed by atoms with van der Waals surface area (Å²) in [7, 11) is 0. The van der Waals surface area contributed by atoms with E-state index < -0.39 is 0 Å². The molecule has 0 aromatic carbocycles. The van der Waals surface area contributed by atoms with Crippen molar-refractivity contribution < 1.29 is 0 Å². The van der Waals surface area contributed by atoms with E-state index in [1.807, 2.05) is 24.4 Å². The fourth-order valence-corrected chi connectivity index (χ4v) is 5.43. The molecular formula is C8H12N4S5. The molecule has 0 fully saturated rings. The number of thiophene rings is 1. The van der Waals surface area contributed by atoms with E-state index in [4.69, 9.17) is 36.1 Å². The minimum Gasteiger partial charge on any atom is -0.309 e. The van der Waals surface area contributed by atoms with Crippen molar-refractivity contribution >= 4 is 67.9 Å². The molecule has 0 aliphatic rings. The summed E-state index contributed by atoms with van der Waals surface area (Å²) in [5.41, 5.74) is 4.93. The molecule has 0 saturated heterocycles. The molecule has 1 aromatic rings. The van der Waals surface area contributed by atoms with Crippen molar-refractivity contribution in [2.75, 3.05) is 0 Å². The maximum atomic E-state index is 5.30. The van der Waals surface area contributed by atoms with Crippen LogP contribution < -0.4 is 22.5 Å². The van der Waals surface area contributed by atoms with Crippen LogP contribution in [0.3, 0.4) is 0 Å². The highest BCUT2D eigenvalue weighted by atomic mass is 32.2. The molecule has 0 spiro atoms. The molecule has 0 aliphatic heterocycles. The van der Waals surface area contributed by atoms with Gasteiger partial charge in [-0.05, 0) is 18.4 Å². The predicted molar refractivity (Wildman–Crippen MR) is 86.7 cm³/mol. The number of hydrazine groups is 2. The van der Waals surface area contributed by atoms with Crippen molar-refractivity contribution in [1.82, 2.24) is 10.9 Å². The van der Waals surface area contributed by atoms with Crippen LogP contribution in [-0.4, -0.2) is 8.64 Å². The lowest BCUT2D eigenvalue weighted by atomic mass is 10.4. The number of hydrogen-bond donors (Lipinski definition) is 4. The third-order valence-electron chi connectivity index (χ3n) is 1.78. The van der Waals surface area contributed by atoms with E-state index in [1.165, 1.54) is 23.5 Å². The number of thiocarbonyl (C=S) groups is 2. The van der Waals surface area contributed by atoms with Gasteiger partial charge in [0.25, 0.3) is 0 Å². The first-order valence-corrected chi connectivity index (χ1v) is 7.78. The van der Waals surface area contributed by atoms with Gasteiger partial charge in [-0.3, -0.25) is 0 Å². The maximum absolute atomic E-state index is 5.30. The van der Waals surface area contributed by atoms with E-state index in [1.54, 1.807) is 11.3 Å². The Bertz CT molecular complexity index is 373. The van der Waals surface area contributed by atoms with Gasteiger partial charge in [-0.25, -0.2) is 11.7 Å². The molecule has 0 amide bonds. The maximum Gasteiger partial charge on any atom is 0.149 e. The summed E-state index contributed by atoms with van der Waals surface area (Å²) in [6, 6.07) is 4.01. The van der Waals surface area contributed by atoms with Crippen molar-refractivity contribution in [1.29, 1.82) is 0 Å². The smallest absolute Gasteiger partial charge is 0.149 e. The highest BCUT2D eigenvalue weighted by Gasteiger charge is 2.32. The lowest BCUT2D eigenvalue weighted by Gasteiger charge is -2.27. The van der Waals surface area contributed by atoms with Crippen molar-refractivity contribution in [3.8, 4) is 0 Å². The first-order chi connectivity index (χ1) is 8.01. The summed E-state index contributed by atoms with van der Waals surface area (Å²) in [5, 5.41) is 2.01. The van der Waals surface area contributed by atoms with Crippen molar-refractivity contribution in [3.05, 3.63) is 22.4 Å². The number of rotatable bonds is 3. The van der Waals surface area contributed by atoms with Crippen LogP contribution in [0.5, 0.6) is 0 Å². The second kappa shape index (κ2) is 6.88. The highest BCUT2D eigenvalue weighted by molar-refractivity contribution is 8.36. The topological polar surface area (TPSA) is 76.1 Å².